The Morgan fingerprint density at radius 3 is 2.53 bits per heavy atom. The van der Waals surface area contributed by atoms with Crippen molar-refractivity contribution in [3.05, 3.63) is 22.2 Å². The number of hydrogen-bond donors (Lipinski definition) is 0. The summed E-state index contributed by atoms with van der Waals surface area (Å²) in [6.45, 7) is 0. The molecule has 7 heteroatoms. The largest absolute Gasteiger partial charge is 0.494 e. The summed E-state index contributed by atoms with van der Waals surface area (Å²) in [6, 6.07) is 4.68. The highest BCUT2D eigenvalue weighted by atomic mass is 79.9. The van der Waals surface area contributed by atoms with E-state index in [9.17, 15) is 8.42 Å². The van der Waals surface area contributed by atoms with E-state index >= 15 is 0 Å². The first kappa shape index (κ1) is 12.3. The molecule has 0 spiro atoms. The normalized spacial score (nSPS) is 10.8. The zero-order valence-corrected chi connectivity index (χ0v) is 10.6. The number of halogens is 2. The summed E-state index contributed by atoms with van der Waals surface area (Å²) < 4.78 is 27.6. The third kappa shape index (κ3) is 2.43. The van der Waals surface area contributed by atoms with Crippen LogP contribution in [0.3, 0.4) is 0 Å². The molecule has 0 N–H and O–H groups in total. The van der Waals surface area contributed by atoms with Gasteiger partial charge in [0.25, 0.3) is 9.05 Å². The molecule has 0 atom stereocenters. The van der Waals surface area contributed by atoms with Crippen molar-refractivity contribution in [2.24, 2.45) is 0 Å². The van der Waals surface area contributed by atoms with Gasteiger partial charge >= 0.3 is 0 Å². The summed E-state index contributed by atoms with van der Waals surface area (Å²) in [7, 11) is 2.54. The van der Waals surface area contributed by atoms with Crippen LogP contribution in [-0.4, -0.2) is 15.5 Å². The molecule has 1 aromatic rings. The van der Waals surface area contributed by atoms with Crippen molar-refractivity contribution >= 4 is 35.7 Å². The lowest BCUT2D eigenvalue weighted by atomic mass is 10.2. The standard InChI is InChI=1S/C8H5BrClNO3S/c1-14-7-5(4-11)2-3-6(9)8(7)15(10,12)13/h2-3H,1H3. The maximum Gasteiger partial charge on any atom is 0.266 e. The molecule has 0 aliphatic rings. The topological polar surface area (TPSA) is 67.2 Å². The van der Waals surface area contributed by atoms with E-state index in [-0.39, 0.29) is 20.7 Å². The molecular weight excluding hydrogens is 306 g/mol. The first-order valence-electron chi connectivity index (χ1n) is 3.63. The SMILES string of the molecule is COc1c(C#N)ccc(Br)c1S(=O)(=O)Cl. The molecule has 0 fully saturated rings. The molecule has 1 aromatic carbocycles. The van der Waals surface area contributed by atoms with Crippen LogP contribution in [-0.2, 0) is 9.05 Å². The minimum absolute atomic E-state index is 0.0538. The van der Waals surface area contributed by atoms with Crippen molar-refractivity contribution in [1.82, 2.24) is 0 Å². The van der Waals surface area contributed by atoms with Gasteiger partial charge in [-0.25, -0.2) is 8.42 Å². The summed E-state index contributed by atoms with van der Waals surface area (Å²) in [5.74, 6) is -0.0538. The molecular formula is C8H5BrClNO3S. The summed E-state index contributed by atoms with van der Waals surface area (Å²) in [5.41, 5.74) is 0.111. The Morgan fingerprint density at radius 1 is 1.53 bits per heavy atom. The number of rotatable bonds is 2. The van der Waals surface area contributed by atoms with Crippen molar-refractivity contribution in [1.29, 1.82) is 5.26 Å². The van der Waals surface area contributed by atoms with Crippen molar-refractivity contribution in [2.75, 3.05) is 7.11 Å². The zero-order chi connectivity index (χ0) is 11.6. The first-order valence-corrected chi connectivity index (χ1v) is 6.73. The molecule has 0 saturated heterocycles. The third-order valence-electron chi connectivity index (χ3n) is 1.63. The second-order valence-electron chi connectivity index (χ2n) is 2.51. The average Bonchev–Trinajstić information content (AvgIpc) is 2.15. The highest BCUT2D eigenvalue weighted by Crippen LogP contribution is 2.36. The molecule has 1 rings (SSSR count). The number of hydrogen-bond acceptors (Lipinski definition) is 4. The Bertz CT molecular complexity index is 536. The van der Waals surface area contributed by atoms with Gasteiger partial charge in [0.05, 0.1) is 12.7 Å². The van der Waals surface area contributed by atoms with Gasteiger partial charge in [0.2, 0.25) is 0 Å². The van der Waals surface area contributed by atoms with Gasteiger partial charge in [-0.1, -0.05) is 0 Å². The number of methoxy groups -OCH3 is 1. The Hall–Kier alpha value is -0.770. The average molecular weight is 311 g/mol. The monoisotopic (exact) mass is 309 g/mol. The minimum Gasteiger partial charge on any atom is -0.494 e. The van der Waals surface area contributed by atoms with E-state index in [0.29, 0.717) is 0 Å². The van der Waals surface area contributed by atoms with Crippen LogP contribution in [0.4, 0.5) is 0 Å². The van der Waals surface area contributed by atoms with Crippen LogP contribution >= 0.6 is 26.6 Å². The summed E-state index contributed by atoms with van der Waals surface area (Å²) in [4.78, 5) is -0.231. The van der Waals surface area contributed by atoms with Gasteiger partial charge in [0.1, 0.15) is 11.0 Å². The predicted octanol–water partition coefficient (Wildman–Crippen LogP) is 2.26. The fourth-order valence-corrected chi connectivity index (χ4v) is 3.46. The molecule has 0 amide bonds. The fraction of sp³-hybridized carbons (Fsp3) is 0.125. The van der Waals surface area contributed by atoms with Crippen LogP contribution in [0.2, 0.25) is 0 Å². The summed E-state index contributed by atoms with van der Waals surface area (Å²) in [5, 5.41) is 8.75. The van der Waals surface area contributed by atoms with Gasteiger partial charge in [0.15, 0.2) is 5.75 Å². The van der Waals surface area contributed by atoms with Gasteiger partial charge in [-0.15, -0.1) is 0 Å². The molecule has 0 aromatic heterocycles. The van der Waals surface area contributed by atoms with Gasteiger partial charge in [-0.2, -0.15) is 5.26 Å². The zero-order valence-electron chi connectivity index (χ0n) is 7.49. The molecule has 0 heterocycles. The smallest absolute Gasteiger partial charge is 0.266 e. The van der Waals surface area contributed by atoms with E-state index < -0.39 is 9.05 Å². The van der Waals surface area contributed by atoms with Gasteiger partial charge in [0, 0.05) is 15.2 Å². The Kier molecular flexibility index (Phi) is 3.60. The molecule has 0 radical (unpaired) electrons. The van der Waals surface area contributed by atoms with Crippen molar-refractivity contribution in [2.45, 2.75) is 4.90 Å². The quantitative estimate of drug-likeness (QED) is 0.786. The van der Waals surface area contributed by atoms with Gasteiger partial charge < -0.3 is 4.74 Å². The molecule has 15 heavy (non-hydrogen) atoms. The Labute approximate surface area is 100.0 Å². The van der Waals surface area contributed by atoms with Crippen molar-refractivity contribution in [3.63, 3.8) is 0 Å². The van der Waals surface area contributed by atoms with Crippen LogP contribution in [0, 0.1) is 11.3 Å². The molecule has 0 aliphatic heterocycles. The third-order valence-corrected chi connectivity index (χ3v) is 3.91. The number of benzene rings is 1. The Balaban J connectivity index is 3.71. The number of nitriles is 1. The lowest BCUT2D eigenvalue weighted by Gasteiger charge is -2.08. The van der Waals surface area contributed by atoms with Gasteiger partial charge in [-0.3, -0.25) is 0 Å². The van der Waals surface area contributed by atoms with E-state index in [1.54, 1.807) is 0 Å². The predicted molar refractivity (Wildman–Crippen MR) is 58.4 cm³/mol. The van der Waals surface area contributed by atoms with Crippen molar-refractivity contribution < 1.29 is 13.2 Å². The molecule has 0 aliphatic carbocycles. The van der Waals surface area contributed by atoms with Crippen LogP contribution in [0.25, 0.3) is 0 Å². The summed E-state index contributed by atoms with van der Waals surface area (Å²) >= 11 is 3.03. The van der Waals surface area contributed by atoms with Gasteiger partial charge in [-0.05, 0) is 28.1 Å². The van der Waals surface area contributed by atoms with E-state index in [1.165, 1.54) is 19.2 Å². The number of ether oxygens (including phenoxy) is 1. The second kappa shape index (κ2) is 4.39. The fourth-order valence-electron chi connectivity index (χ4n) is 1.06. The molecule has 80 valence electrons. The van der Waals surface area contributed by atoms with Crippen LogP contribution in [0.1, 0.15) is 5.56 Å². The lowest BCUT2D eigenvalue weighted by molar-refractivity contribution is 0.401. The Morgan fingerprint density at radius 2 is 2.13 bits per heavy atom. The molecule has 4 nitrogen and oxygen atoms in total. The summed E-state index contributed by atoms with van der Waals surface area (Å²) in [6.07, 6.45) is 0. The molecule has 0 unspecified atom stereocenters. The van der Waals surface area contributed by atoms with E-state index in [1.807, 2.05) is 6.07 Å². The second-order valence-corrected chi connectivity index (χ2v) is 5.86. The molecule has 0 saturated carbocycles. The minimum atomic E-state index is -3.96. The first-order chi connectivity index (χ1) is 6.91. The lowest BCUT2D eigenvalue weighted by Crippen LogP contribution is -1.99. The van der Waals surface area contributed by atoms with Crippen LogP contribution < -0.4 is 4.74 Å². The maximum atomic E-state index is 11.2. The van der Waals surface area contributed by atoms with Crippen LogP contribution in [0.15, 0.2) is 21.5 Å². The van der Waals surface area contributed by atoms with E-state index in [0.717, 1.165) is 0 Å². The van der Waals surface area contributed by atoms with Crippen LogP contribution in [0.5, 0.6) is 5.75 Å². The van der Waals surface area contributed by atoms with E-state index in [2.05, 4.69) is 15.9 Å². The molecule has 0 bridgehead atoms. The highest BCUT2D eigenvalue weighted by molar-refractivity contribution is 9.10. The van der Waals surface area contributed by atoms with Crippen molar-refractivity contribution in [3.8, 4) is 11.8 Å². The highest BCUT2D eigenvalue weighted by Gasteiger charge is 2.23. The maximum absolute atomic E-state index is 11.2. The van der Waals surface area contributed by atoms with E-state index in [4.69, 9.17) is 20.7 Å². The number of nitrogens with zero attached hydrogens (tertiary/aromatic N) is 1.